The van der Waals surface area contributed by atoms with E-state index in [1.54, 1.807) is 12.4 Å². The summed E-state index contributed by atoms with van der Waals surface area (Å²) < 4.78 is 50.1. The summed E-state index contributed by atoms with van der Waals surface area (Å²) in [4.78, 5) is 8.30. The zero-order chi connectivity index (χ0) is 16.2. The van der Waals surface area contributed by atoms with E-state index in [-0.39, 0.29) is 11.6 Å². The number of halogens is 4. The van der Waals surface area contributed by atoms with Crippen molar-refractivity contribution in [2.45, 2.75) is 25.9 Å². The Morgan fingerprint density at radius 1 is 1.14 bits per heavy atom. The molecule has 0 atom stereocenters. The molecule has 0 aliphatic heterocycles. The summed E-state index contributed by atoms with van der Waals surface area (Å²) in [5.74, 6) is -0.413. The first kappa shape index (κ1) is 16.1. The number of aromatic nitrogens is 2. The van der Waals surface area contributed by atoms with Crippen LogP contribution >= 0.6 is 0 Å². The van der Waals surface area contributed by atoms with Gasteiger partial charge in [0.25, 0.3) is 0 Å². The molecule has 0 spiro atoms. The minimum atomic E-state index is -4.47. The van der Waals surface area contributed by atoms with Gasteiger partial charge in [0.05, 0.1) is 0 Å². The van der Waals surface area contributed by atoms with E-state index in [1.165, 1.54) is 12.1 Å². The molecule has 0 aliphatic carbocycles. The van der Waals surface area contributed by atoms with Crippen molar-refractivity contribution in [3.05, 3.63) is 53.6 Å². The fraction of sp³-hybridized carbons (Fsp3) is 0.250. The largest absolute Gasteiger partial charge is 0.409 e. The van der Waals surface area contributed by atoms with Gasteiger partial charge < -0.3 is 0 Å². The lowest BCUT2D eigenvalue weighted by atomic mass is 10.1. The van der Waals surface area contributed by atoms with Gasteiger partial charge >= 0.3 is 6.18 Å². The lowest BCUT2D eigenvalue weighted by Gasteiger charge is -2.04. The average molecular weight is 310 g/mol. The smallest absolute Gasteiger partial charge is 0.236 e. The number of aryl methyl sites for hydroxylation is 1. The maximum absolute atomic E-state index is 13.8. The van der Waals surface area contributed by atoms with E-state index in [0.717, 1.165) is 24.5 Å². The van der Waals surface area contributed by atoms with E-state index in [2.05, 4.69) is 9.97 Å². The van der Waals surface area contributed by atoms with Gasteiger partial charge in [0, 0.05) is 29.6 Å². The molecule has 2 nitrogen and oxygen atoms in total. The molecule has 0 saturated carbocycles. The summed E-state index contributed by atoms with van der Waals surface area (Å²) in [7, 11) is 0. The summed E-state index contributed by atoms with van der Waals surface area (Å²) in [6, 6.07) is 3.90. The predicted molar refractivity (Wildman–Crippen MR) is 76.5 cm³/mol. The Morgan fingerprint density at radius 2 is 1.82 bits per heavy atom. The molecular weight excluding hydrogens is 296 g/mol. The Labute approximate surface area is 125 Å². The average Bonchev–Trinajstić information content (AvgIpc) is 2.46. The van der Waals surface area contributed by atoms with Crippen LogP contribution in [0.5, 0.6) is 0 Å². The van der Waals surface area contributed by atoms with Gasteiger partial charge in [-0.3, -0.25) is 0 Å². The van der Waals surface area contributed by atoms with Crippen molar-refractivity contribution in [2.75, 3.05) is 0 Å². The van der Waals surface area contributed by atoms with Crippen molar-refractivity contribution in [2.24, 2.45) is 0 Å². The normalized spacial score (nSPS) is 12.0. The molecule has 0 N–H and O–H groups in total. The maximum Gasteiger partial charge on any atom is 0.409 e. The lowest BCUT2D eigenvalue weighted by molar-refractivity contribution is -0.0790. The van der Waals surface area contributed by atoms with Gasteiger partial charge in [-0.05, 0) is 24.1 Å². The van der Waals surface area contributed by atoms with Crippen LogP contribution in [0.1, 0.15) is 24.5 Å². The minimum absolute atomic E-state index is 0.00112. The van der Waals surface area contributed by atoms with Crippen LogP contribution in [0.3, 0.4) is 0 Å². The second kappa shape index (κ2) is 6.68. The third-order valence-electron chi connectivity index (χ3n) is 2.95. The van der Waals surface area contributed by atoms with Crippen LogP contribution in [-0.2, 0) is 6.42 Å². The Bertz CT molecular complexity index is 661. The molecule has 116 valence electrons. The number of hydrogen-bond donors (Lipinski definition) is 0. The molecule has 0 amide bonds. The first-order valence-electron chi connectivity index (χ1n) is 6.76. The Kier molecular flexibility index (Phi) is 4.90. The molecule has 0 radical (unpaired) electrons. The van der Waals surface area contributed by atoms with Crippen LogP contribution < -0.4 is 0 Å². The van der Waals surface area contributed by atoms with Gasteiger partial charge in [0.1, 0.15) is 5.82 Å². The first-order valence-corrected chi connectivity index (χ1v) is 6.76. The van der Waals surface area contributed by atoms with E-state index < -0.39 is 12.0 Å². The van der Waals surface area contributed by atoms with Crippen molar-refractivity contribution in [1.82, 2.24) is 9.97 Å². The van der Waals surface area contributed by atoms with Crippen molar-refractivity contribution in [1.29, 1.82) is 0 Å². The molecule has 0 saturated heterocycles. The molecule has 0 unspecified atom stereocenters. The van der Waals surface area contributed by atoms with Crippen molar-refractivity contribution < 1.29 is 17.6 Å². The molecule has 0 fully saturated rings. The minimum Gasteiger partial charge on any atom is -0.236 e. The van der Waals surface area contributed by atoms with Gasteiger partial charge in [0.15, 0.2) is 5.82 Å². The van der Waals surface area contributed by atoms with Crippen molar-refractivity contribution >= 4 is 6.08 Å². The van der Waals surface area contributed by atoms with Crippen LogP contribution in [-0.4, -0.2) is 16.1 Å². The molecule has 6 heteroatoms. The Morgan fingerprint density at radius 3 is 2.36 bits per heavy atom. The second-order valence-electron chi connectivity index (χ2n) is 4.78. The Balaban J connectivity index is 2.23. The van der Waals surface area contributed by atoms with E-state index in [4.69, 9.17) is 0 Å². The SMILES string of the molecule is CCCc1cnc(-c2ccc(C=CC(F)(F)F)c(F)c2)nc1. The highest BCUT2D eigenvalue weighted by molar-refractivity contribution is 5.60. The van der Waals surface area contributed by atoms with Crippen LogP contribution in [0.2, 0.25) is 0 Å². The summed E-state index contributed by atoms with van der Waals surface area (Å²) in [6.45, 7) is 2.04. The summed E-state index contributed by atoms with van der Waals surface area (Å²) >= 11 is 0. The number of hydrogen-bond acceptors (Lipinski definition) is 2. The summed E-state index contributed by atoms with van der Waals surface area (Å²) in [5, 5.41) is 0. The molecule has 2 rings (SSSR count). The highest BCUT2D eigenvalue weighted by atomic mass is 19.4. The highest BCUT2D eigenvalue weighted by Crippen LogP contribution is 2.22. The summed E-state index contributed by atoms with van der Waals surface area (Å²) in [5.41, 5.74) is 1.27. The van der Waals surface area contributed by atoms with Crippen molar-refractivity contribution in [3.63, 3.8) is 0 Å². The molecule has 1 aromatic heterocycles. The van der Waals surface area contributed by atoms with Crippen LogP contribution in [0.15, 0.2) is 36.7 Å². The fourth-order valence-corrected chi connectivity index (χ4v) is 1.91. The van der Waals surface area contributed by atoms with E-state index in [1.807, 2.05) is 6.92 Å². The van der Waals surface area contributed by atoms with Gasteiger partial charge in [0.2, 0.25) is 0 Å². The van der Waals surface area contributed by atoms with Gasteiger partial charge in [-0.2, -0.15) is 13.2 Å². The lowest BCUT2D eigenvalue weighted by Crippen LogP contribution is -2.00. The quantitative estimate of drug-likeness (QED) is 0.757. The van der Waals surface area contributed by atoms with Gasteiger partial charge in [-0.15, -0.1) is 0 Å². The predicted octanol–water partition coefficient (Wildman–Crippen LogP) is 4.81. The topological polar surface area (TPSA) is 25.8 Å². The number of alkyl halides is 3. The molecule has 2 aromatic rings. The fourth-order valence-electron chi connectivity index (χ4n) is 1.91. The van der Waals surface area contributed by atoms with E-state index >= 15 is 0 Å². The first-order chi connectivity index (χ1) is 10.4. The molecular formula is C16H14F4N2. The third kappa shape index (κ3) is 4.38. The van der Waals surface area contributed by atoms with E-state index in [9.17, 15) is 17.6 Å². The standard InChI is InChI=1S/C16H14F4N2/c1-2-3-11-9-21-15(22-10-11)13-5-4-12(14(17)8-13)6-7-16(18,19)20/h4-10H,2-3H2,1H3. The molecule has 0 aliphatic rings. The van der Waals surface area contributed by atoms with Gasteiger partial charge in [-0.25, -0.2) is 14.4 Å². The molecule has 22 heavy (non-hydrogen) atoms. The zero-order valence-electron chi connectivity index (χ0n) is 11.9. The zero-order valence-corrected chi connectivity index (χ0v) is 11.9. The monoisotopic (exact) mass is 310 g/mol. The van der Waals surface area contributed by atoms with Crippen LogP contribution in [0.4, 0.5) is 17.6 Å². The van der Waals surface area contributed by atoms with Gasteiger partial charge in [-0.1, -0.05) is 25.5 Å². The third-order valence-corrected chi connectivity index (χ3v) is 2.95. The van der Waals surface area contributed by atoms with E-state index in [0.29, 0.717) is 17.5 Å². The number of allylic oxidation sites excluding steroid dienone is 1. The molecule has 0 bridgehead atoms. The highest BCUT2D eigenvalue weighted by Gasteiger charge is 2.22. The van der Waals surface area contributed by atoms with Crippen LogP contribution in [0.25, 0.3) is 17.5 Å². The summed E-state index contributed by atoms with van der Waals surface area (Å²) in [6.07, 6.45) is 1.39. The van der Waals surface area contributed by atoms with Crippen molar-refractivity contribution in [3.8, 4) is 11.4 Å². The second-order valence-corrected chi connectivity index (χ2v) is 4.78. The molecule has 1 heterocycles. The Hall–Kier alpha value is -2.24. The number of rotatable bonds is 4. The number of nitrogens with zero attached hydrogens (tertiary/aromatic N) is 2. The van der Waals surface area contributed by atoms with Crippen LogP contribution in [0, 0.1) is 5.82 Å². The molecule has 1 aromatic carbocycles. The number of benzene rings is 1. The maximum atomic E-state index is 13.8.